The molecule has 2 atom stereocenters. The van der Waals surface area contributed by atoms with E-state index in [-0.39, 0.29) is 34.2 Å². The minimum atomic E-state index is -3.74. The molecule has 0 spiro atoms. The van der Waals surface area contributed by atoms with Gasteiger partial charge in [0.15, 0.2) is 0 Å². The van der Waals surface area contributed by atoms with Gasteiger partial charge in [-0.25, -0.2) is 13.1 Å². The summed E-state index contributed by atoms with van der Waals surface area (Å²) >= 11 is 2.65. The second-order valence-electron chi connectivity index (χ2n) is 6.16. The summed E-state index contributed by atoms with van der Waals surface area (Å²) in [5, 5.41) is 3.54. The number of carbonyl (C=O) groups excluding carboxylic acids is 1. The number of rotatable bonds is 6. The van der Waals surface area contributed by atoms with Gasteiger partial charge in [0.2, 0.25) is 10.0 Å². The van der Waals surface area contributed by atoms with Crippen molar-refractivity contribution < 1.29 is 13.2 Å². The van der Waals surface area contributed by atoms with Crippen molar-refractivity contribution in [2.45, 2.75) is 30.8 Å². The zero-order valence-corrected chi connectivity index (χ0v) is 16.3. The summed E-state index contributed by atoms with van der Waals surface area (Å²) in [7, 11) is -3.74. The Labute approximate surface area is 155 Å². The van der Waals surface area contributed by atoms with E-state index in [0.717, 1.165) is 11.3 Å². The molecule has 0 aromatic carbocycles. The fraction of sp³-hybridized carbons (Fsp3) is 0.438. The topological polar surface area (TPSA) is 92.5 Å². The second kappa shape index (κ2) is 7.55. The molecule has 1 amide bonds. The minimum absolute atomic E-state index is 0.0578. The van der Waals surface area contributed by atoms with E-state index in [1.807, 2.05) is 24.4 Å². The van der Waals surface area contributed by atoms with Crippen molar-refractivity contribution >= 4 is 38.6 Å². The molecule has 3 rings (SSSR count). The van der Waals surface area contributed by atoms with Crippen LogP contribution in [0.25, 0.3) is 0 Å². The number of sulfonamides is 1. The number of nitrogens with two attached hydrogens (primary N) is 1. The summed E-state index contributed by atoms with van der Waals surface area (Å²) < 4.78 is 27.9. The Balaban J connectivity index is 1.78. The summed E-state index contributed by atoms with van der Waals surface area (Å²) in [6, 6.07) is 5.30. The van der Waals surface area contributed by atoms with Gasteiger partial charge in [-0.1, -0.05) is 6.07 Å². The highest BCUT2D eigenvalue weighted by Gasteiger charge is 2.35. The Morgan fingerprint density at radius 2 is 2.16 bits per heavy atom. The number of likely N-dealkylation sites (tertiary alicyclic amines) is 1. The van der Waals surface area contributed by atoms with Crippen molar-refractivity contribution in [3.05, 3.63) is 38.7 Å². The molecule has 1 aliphatic rings. The summed E-state index contributed by atoms with van der Waals surface area (Å²) in [6.45, 7) is 3.31. The smallest absolute Gasteiger partial charge is 0.265 e. The van der Waals surface area contributed by atoms with E-state index in [0.29, 0.717) is 13.1 Å². The number of amides is 1. The number of nitrogens with zero attached hydrogens (tertiary/aromatic N) is 1. The molecule has 0 radical (unpaired) electrons. The van der Waals surface area contributed by atoms with E-state index in [1.54, 1.807) is 10.3 Å². The lowest BCUT2D eigenvalue weighted by atomic mass is 10.1. The summed E-state index contributed by atoms with van der Waals surface area (Å²) in [5.74, 6) is 0.0471. The van der Waals surface area contributed by atoms with Gasteiger partial charge in [-0.2, -0.15) is 0 Å². The lowest BCUT2D eigenvalue weighted by molar-refractivity contribution is 0.0745. The van der Waals surface area contributed by atoms with Crippen LogP contribution in [-0.4, -0.2) is 38.4 Å². The molecule has 136 valence electrons. The van der Waals surface area contributed by atoms with Crippen molar-refractivity contribution in [3.63, 3.8) is 0 Å². The van der Waals surface area contributed by atoms with Gasteiger partial charge in [0.05, 0.1) is 0 Å². The molecule has 6 nitrogen and oxygen atoms in total. The first-order chi connectivity index (χ1) is 11.9. The minimum Gasteiger partial charge on any atom is -0.335 e. The van der Waals surface area contributed by atoms with Gasteiger partial charge in [0.25, 0.3) is 5.91 Å². The molecule has 0 aliphatic carbocycles. The number of thiophene rings is 2. The number of hydrogen-bond donors (Lipinski definition) is 2. The Morgan fingerprint density at radius 3 is 2.80 bits per heavy atom. The Kier molecular flexibility index (Phi) is 5.59. The predicted molar refractivity (Wildman–Crippen MR) is 100 cm³/mol. The third-order valence-corrected chi connectivity index (χ3v) is 7.74. The summed E-state index contributed by atoms with van der Waals surface area (Å²) in [6.07, 6.45) is 0.853. The van der Waals surface area contributed by atoms with Crippen LogP contribution in [0.2, 0.25) is 0 Å². The molecule has 3 heterocycles. The molecule has 25 heavy (non-hydrogen) atoms. The molecule has 0 bridgehead atoms. The van der Waals surface area contributed by atoms with E-state index in [4.69, 9.17) is 5.73 Å². The van der Waals surface area contributed by atoms with Crippen molar-refractivity contribution in [1.82, 2.24) is 9.62 Å². The van der Waals surface area contributed by atoms with Crippen LogP contribution in [0.1, 0.15) is 27.9 Å². The van der Waals surface area contributed by atoms with Crippen LogP contribution in [-0.2, 0) is 16.6 Å². The first-order valence-corrected chi connectivity index (χ1v) is 11.3. The summed E-state index contributed by atoms with van der Waals surface area (Å²) in [4.78, 5) is 15.9. The molecule has 1 saturated heterocycles. The molecule has 2 unspecified atom stereocenters. The normalized spacial score (nSPS) is 21.0. The predicted octanol–water partition coefficient (Wildman–Crippen LogP) is 2.10. The fourth-order valence-corrected chi connectivity index (χ4v) is 6.17. The molecular formula is C16H21N3O3S3. The average Bonchev–Trinajstić information content (AvgIpc) is 3.32. The highest BCUT2D eigenvalue weighted by atomic mass is 32.2. The van der Waals surface area contributed by atoms with Gasteiger partial charge in [0, 0.05) is 24.0 Å². The van der Waals surface area contributed by atoms with Crippen LogP contribution < -0.4 is 10.5 Å². The highest BCUT2D eigenvalue weighted by molar-refractivity contribution is 7.89. The maximum atomic E-state index is 12.9. The van der Waals surface area contributed by atoms with Crippen molar-refractivity contribution in [2.24, 2.45) is 11.7 Å². The van der Waals surface area contributed by atoms with Crippen LogP contribution in [0, 0.1) is 5.92 Å². The molecule has 2 aromatic rings. The van der Waals surface area contributed by atoms with Gasteiger partial charge in [-0.3, -0.25) is 4.79 Å². The lowest BCUT2D eigenvalue weighted by Crippen LogP contribution is -2.35. The zero-order valence-electron chi connectivity index (χ0n) is 13.8. The van der Waals surface area contributed by atoms with E-state index in [1.165, 1.54) is 28.7 Å². The quantitative estimate of drug-likeness (QED) is 0.778. The van der Waals surface area contributed by atoms with E-state index >= 15 is 0 Å². The van der Waals surface area contributed by atoms with Crippen molar-refractivity contribution in [3.8, 4) is 0 Å². The summed E-state index contributed by atoms with van der Waals surface area (Å²) in [5.41, 5.74) is 5.72. The van der Waals surface area contributed by atoms with Crippen LogP contribution in [0.3, 0.4) is 0 Å². The average molecular weight is 400 g/mol. The molecule has 3 N–H and O–H groups in total. The van der Waals surface area contributed by atoms with Gasteiger partial charge in [-0.15, -0.1) is 22.7 Å². The van der Waals surface area contributed by atoms with Crippen LogP contribution in [0.4, 0.5) is 0 Å². The first-order valence-electron chi connectivity index (χ1n) is 8.03. The van der Waals surface area contributed by atoms with Gasteiger partial charge >= 0.3 is 0 Å². The van der Waals surface area contributed by atoms with Crippen LogP contribution in [0.5, 0.6) is 0 Å². The van der Waals surface area contributed by atoms with Crippen LogP contribution in [0.15, 0.2) is 33.9 Å². The number of carbonyl (C=O) groups is 1. The van der Waals surface area contributed by atoms with Gasteiger partial charge in [0.1, 0.15) is 9.77 Å². The maximum absolute atomic E-state index is 12.9. The standard InChI is InChI=1S/C16H21N3O3S3/c1-11-7-12(8-17)10-19(11)16(20)15-14(4-6-24-15)25(21,22)18-9-13-3-2-5-23-13/h2-6,11-12,18H,7-10,17H2,1H3. The molecule has 0 saturated carbocycles. The molecule has 2 aromatic heterocycles. The lowest BCUT2D eigenvalue weighted by Gasteiger charge is -2.21. The highest BCUT2D eigenvalue weighted by Crippen LogP contribution is 2.29. The Bertz CT molecular complexity index is 830. The van der Waals surface area contributed by atoms with Gasteiger partial charge in [-0.05, 0) is 48.7 Å². The van der Waals surface area contributed by atoms with E-state index in [2.05, 4.69) is 4.72 Å². The van der Waals surface area contributed by atoms with Gasteiger partial charge < -0.3 is 10.6 Å². The maximum Gasteiger partial charge on any atom is 0.265 e. The first kappa shape index (κ1) is 18.5. The molecule has 9 heteroatoms. The molecular weight excluding hydrogens is 378 g/mol. The molecule has 1 aliphatic heterocycles. The van der Waals surface area contributed by atoms with Crippen molar-refractivity contribution in [1.29, 1.82) is 0 Å². The monoisotopic (exact) mass is 399 g/mol. The number of hydrogen-bond acceptors (Lipinski definition) is 6. The largest absolute Gasteiger partial charge is 0.335 e. The van der Waals surface area contributed by atoms with Crippen molar-refractivity contribution in [2.75, 3.05) is 13.1 Å². The number of nitrogens with one attached hydrogen (secondary N) is 1. The Hall–Kier alpha value is -1.26. The third-order valence-electron chi connectivity index (χ3n) is 4.38. The van der Waals surface area contributed by atoms with E-state index < -0.39 is 10.0 Å². The van der Waals surface area contributed by atoms with Crippen LogP contribution >= 0.6 is 22.7 Å². The SMILES string of the molecule is CC1CC(CN)CN1C(=O)c1sccc1S(=O)(=O)NCc1cccs1. The Morgan fingerprint density at radius 1 is 1.36 bits per heavy atom. The zero-order chi connectivity index (χ0) is 18.0. The van der Waals surface area contributed by atoms with E-state index in [9.17, 15) is 13.2 Å². The fourth-order valence-electron chi connectivity index (χ4n) is 3.05. The third kappa shape index (κ3) is 3.95. The molecule has 1 fully saturated rings. The second-order valence-corrected chi connectivity index (χ2v) is 9.85.